The Morgan fingerprint density at radius 3 is 2.55 bits per heavy atom. The molecule has 4 saturated carbocycles. The van der Waals surface area contributed by atoms with E-state index in [1.165, 1.54) is 4.90 Å². The molecule has 1 saturated heterocycles. The second kappa shape index (κ2) is 8.82. The maximum Gasteiger partial charge on any atom is 0.413 e. The van der Waals surface area contributed by atoms with Gasteiger partial charge in [0.2, 0.25) is 5.91 Å². The fourth-order valence-corrected chi connectivity index (χ4v) is 7.16. The minimum Gasteiger partial charge on any atom is -0.449 e. The average molecular weight is 456 g/mol. The lowest BCUT2D eigenvalue weighted by Gasteiger charge is -2.58. The highest BCUT2D eigenvalue weighted by molar-refractivity contribution is 5.87. The number of carbonyl (C=O) groups excluding carboxylic acids is 2. The van der Waals surface area contributed by atoms with Crippen molar-refractivity contribution in [3.63, 3.8) is 0 Å². The highest BCUT2D eigenvalue weighted by Gasteiger charge is 2.58. The van der Waals surface area contributed by atoms with Gasteiger partial charge in [-0.1, -0.05) is 0 Å². The van der Waals surface area contributed by atoms with Crippen molar-refractivity contribution < 1.29 is 19.4 Å². The van der Waals surface area contributed by atoms with E-state index >= 15 is 0 Å². The van der Waals surface area contributed by atoms with Crippen LogP contribution < -0.4 is 15.1 Å². The average Bonchev–Trinajstić information content (AvgIpc) is 2.82. The Morgan fingerprint density at radius 1 is 1.18 bits per heavy atom. The number of amides is 2. The monoisotopic (exact) mass is 455 g/mol. The lowest BCUT2D eigenvalue weighted by molar-refractivity contribution is -0.163. The Morgan fingerprint density at radius 2 is 1.88 bits per heavy atom. The second-order valence-electron chi connectivity index (χ2n) is 10.8. The molecule has 0 spiro atoms. The first-order valence-corrected chi connectivity index (χ1v) is 12.6. The smallest absolute Gasteiger partial charge is 0.413 e. The molecule has 1 aromatic carbocycles. The standard InChI is InChI=1S/C26H37N3O4/c1-3-33-25(32)28(2)21-6-8-22(9-7-21)29-10-4-5-20(16-29)27-24(31)26-13-17-11-18(14-26)23(30)19(12-17)15-26/h6-9,17-20,23,30H,3-5,10-16H2,1-2H3,(H,27,31)/t17?,18?,19?,20-,23?,26?/m0/s1. The van der Waals surface area contributed by atoms with Crippen molar-refractivity contribution in [2.75, 3.05) is 36.5 Å². The van der Waals surface area contributed by atoms with Gasteiger partial charge in [-0.15, -0.1) is 0 Å². The van der Waals surface area contributed by atoms with Gasteiger partial charge in [0.15, 0.2) is 0 Å². The van der Waals surface area contributed by atoms with E-state index in [-0.39, 0.29) is 29.6 Å². The van der Waals surface area contributed by atoms with E-state index in [9.17, 15) is 14.7 Å². The summed E-state index contributed by atoms with van der Waals surface area (Å²) < 4.78 is 5.07. The molecule has 4 aliphatic carbocycles. The van der Waals surface area contributed by atoms with Crippen LogP contribution in [0.15, 0.2) is 24.3 Å². The Labute approximate surface area is 196 Å². The van der Waals surface area contributed by atoms with Crippen LogP contribution in [0.25, 0.3) is 0 Å². The topological polar surface area (TPSA) is 82.1 Å². The number of nitrogens with one attached hydrogen (secondary N) is 1. The molecule has 5 fully saturated rings. The van der Waals surface area contributed by atoms with E-state index in [0.29, 0.717) is 24.4 Å². The highest BCUT2D eigenvalue weighted by atomic mass is 16.6. The summed E-state index contributed by atoms with van der Waals surface area (Å²) in [7, 11) is 1.71. The normalized spacial score (nSPS) is 34.8. The molecule has 2 unspecified atom stereocenters. The van der Waals surface area contributed by atoms with Crippen molar-refractivity contribution in [3.8, 4) is 0 Å². The van der Waals surface area contributed by atoms with E-state index in [4.69, 9.17) is 4.74 Å². The lowest BCUT2D eigenvalue weighted by Crippen LogP contribution is -2.60. The number of anilines is 2. The third-order valence-electron chi connectivity index (χ3n) is 8.61. The quantitative estimate of drug-likeness (QED) is 0.710. The van der Waals surface area contributed by atoms with Gasteiger partial charge in [-0.05, 0) is 93.9 Å². The molecule has 7 nitrogen and oxygen atoms in total. The minimum absolute atomic E-state index is 0.145. The van der Waals surface area contributed by atoms with Crippen molar-refractivity contribution in [1.29, 1.82) is 0 Å². The van der Waals surface area contributed by atoms with E-state index in [1.807, 2.05) is 24.3 Å². The zero-order valence-electron chi connectivity index (χ0n) is 19.8. The summed E-state index contributed by atoms with van der Waals surface area (Å²) in [5, 5.41) is 14.0. The molecule has 3 atom stereocenters. The van der Waals surface area contributed by atoms with Gasteiger partial charge in [0, 0.05) is 37.6 Å². The predicted molar refractivity (Wildman–Crippen MR) is 127 cm³/mol. The van der Waals surface area contributed by atoms with Gasteiger partial charge in [0.05, 0.1) is 18.1 Å². The van der Waals surface area contributed by atoms with Crippen LogP contribution in [0.2, 0.25) is 0 Å². The first-order valence-electron chi connectivity index (χ1n) is 12.6. The van der Waals surface area contributed by atoms with E-state index in [0.717, 1.165) is 69.4 Å². The van der Waals surface area contributed by atoms with E-state index in [1.54, 1.807) is 14.0 Å². The molecule has 5 aliphatic rings. The van der Waals surface area contributed by atoms with Gasteiger partial charge in [-0.3, -0.25) is 9.69 Å². The fraction of sp³-hybridized carbons (Fsp3) is 0.692. The molecule has 2 amide bonds. The van der Waals surface area contributed by atoms with E-state index < -0.39 is 0 Å². The summed E-state index contributed by atoms with van der Waals surface area (Å²) in [6.07, 6.45) is 6.41. The zero-order valence-corrected chi connectivity index (χ0v) is 19.8. The van der Waals surface area contributed by atoms with Crippen LogP contribution in [0, 0.1) is 23.2 Å². The van der Waals surface area contributed by atoms with Gasteiger partial charge in [-0.2, -0.15) is 0 Å². The van der Waals surface area contributed by atoms with Crippen LogP contribution >= 0.6 is 0 Å². The molecule has 1 aromatic rings. The summed E-state index contributed by atoms with van der Waals surface area (Å²) >= 11 is 0. The Balaban J connectivity index is 1.21. The van der Waals surface area contributed by atoms with Crippen LogP contribution in [-0.4, -0.2) is 56.0 Å². The molecule has 2 N–H and O–H groups in total. The van der Waals surface area contributed by atoms with Crippen LogP contribution in [0.5, 0.6) is 0 Å². The van der Waals surface area contributed by atoms with Crippen LogP contribution in [0.3, 0.4) is 0 Å². The molecule has 33 heavy (non-hydrogen) atoms. The van der Waals surface area contributed by atoms with Crippen molar-refractivity contribution in [2.45, 2.75) is 64.0 Å². The summed E-state index contributed by atoms with van der Waals surface area (Å²) in [5.41, 5.74) is 1.65. The first-order chi connectivity index (χ1) is 15.9. The largest absolute Gasteiger partial charge is 0.449 e. The molecule has 6 rings (SSSR count). The summed E-state index contributed by atoms with van der Waals surface area (Å²) in [4.78, 5) is 29.3. The number of hydrogen-bond acceptors (Lipinski definition) is 5. The third kappa shape index (κ3) is 4.20. The molecular weight excluding hydrogens is 418 g/mol. The molecule has 0 radical (unpaired) electrons. The highest BCUT2D eigenvalue weighted by Crippen LogP contribution is 2.60. The first kappa shape index (κ1) is 22.5. The van der Waals surface area contributed by atoms with Gasteiger partial charge < -0.3 is 20.1 Å². The molecule has 0 aromatic heterocycles. The van der Waals surface area contributed by atoms with Crippen molar-refractivity contribution in [2.24, 2.45) is 23.2 Å². The van der Waals surface area contributed by atoms with Gasteiger partial charge in [0.1, 0.15) is 0 Å². The van der Waals surface area contributed by atoms with Gasteiger partial charge in [-0.25, -0.2) is 4.79 Å². The Bertz CT molecular complexity index is 872. The summed E-state index contributed by atoms with van der Waals surface area (Å²) in [6, 6.07) is 8.10. The molecule has 1 aliphatic heterocycles. The SMILES string of the molecule is CCOC(=O)N(C)c1ccc(N2CCC[C@H](NC(=O)C34CC5CC(C3)C(O)C(C5)C4)C2)cc1. The van der Waals surface area contributed by atoms with Crippen molar-refractivity contribution in [3.05, 3.63) is 24.3 Å². The molecular formula is C26H37N3O4. The van der Waals surface area contributed by atoms with E-state index in [2.05, 4.69) is 10.2 Å². The van der Waals surface area contributed by atoms with Crippen molar-refractivity contribution in [1.82, 2.24) is 5.32 Å². The molecule has 7 heteroatoms. The number of ether oxygens (including phenoxy) is 1. The maximum atomic E-state index is 13.5. The van der Waals surface area contributed by atoms with Crippen LogP contribution in [0.4, 0.5) is 16.2 Å². The third-order valence-corrected chi connectivity index (χ3v) is 8.61. The number of aliphatic hydroxyl groups is 1. The number of rotatable bonds is 5. The zero-order chi connectivity index (χ0) is 23.2. The lowest BCUT2D eigenvalue weighted by atomic mass is 9.48. The fourth-order valence-electron chi connectivity index (χ4n) is 7.16. The number of benzene rings is 1. The van der Waals surface area contributed by atoms with Gasteiger partial charge in [0.25, 0.3) is 0 Å². The Hall–Kier alpha value is -2.28. The predicted octanol–water partition coefficient (Wildman–Crippen LogP) is 3.55. The van der Waals surface area contributed by atoms with Crippen LogP contribution in [-0.2, 0) is 9.53 Å². The number of piperidine rings is 1. The number of nitrogens with zero attached hydrogens (tertiary/aromatic N) is 2. The summed E-state index contributed by atoms with van der Waals surface area (Å²) in [6.45, 7) is 3.91. The molecule has 1 heterocycles. The van der Waals surface area contributed by atoms with Crippen LogP contribution in [0.1, 0.15) is 51.9 Å². The number of aliphatic hydroxyl groups excluding tert-OH is 1. The Kier molecular flexibility index (Phi) is 6.02. The van der Waals surface area contributed by atoms with Crippen molar-refractivity contribution >= 4 is 23.4 Å². The minimum atomic E-state index is -0.358. The maximum absolute atomic E-state index is 13.5. The number of carbonyl (C=O) groups is 2. The van der Waals surface area contributed by atoms with Gasteiger partial charge >= 0.3 is 6.09 Å². The number of hydrogen-bond donors (Lipinski definition) is 2. The molecule has 180 valence electrons. The molecule has 4 bridgehead atoms. The second-order valence-corrected chi connectivity index (χ2v) is 10.8. The summed E-state index contributed by atoms with van der Waals surface area (Å²) in [5.74, 6) is 1.48.